The summed E-state index contributed by atoms with van der Waals surface area (Å²) in [6.45, 7) is 3.80. The predicted molar refractivity (Wildman–Crippen MR) is 60.0 cm³/mol. The Kier molecular flexibility index (Phi) is 4.16. The van der Waals surface area contributed by atoms with Gasteiger partial charge in [-0.3, -0.25) is 4.79 Å². The molecule has 1 amide bonds. The number of aryl methyl sites for hydroxylation is 1. The lowest BCUT2D eigenvalue weighted by molar-refractivity contribution is -0.126. The highest BCUT2D eigenvalue weighted by molar-refractivity contribution is 5.80. The maximum Gasteiger partial charge on any atom is 0.260 e. The molecule has 0 saturated carbocycles. The van der Waals surface area contributed by atoms with Crippen molar-refractivity contribution in [1.82, 2.24) is 5.32 Å². The van der Waals surface area contributed by atoms with Gasteiger partial charge in [-0.1, -0.05) is 25.1 Å². The Morgan fingerprint density at radius 1 is 1.47 bits per heavy atom. The van der Waals surface area contributed by atoms with E-state index in [-0.39, 0.29) is 5.91 Å². The lowest BCUT2D eigenvalue weighted by atomic mass is 10.1. The predicted octanol–water partition coefficient (Wildman–Crippen LogP) is 1.76. The van der Waals surface area contributed by atoms with E-state index >= 15 is 0 Å². The third kappa shape index (κ3) is 2.98. The fourth-order valence-electron chi connectivity index (χ4n) is 1.36. The number of hydrogen-bond donors (Lipinski definition) is 1. The summed E-state index contributed by atoms with van der Waals surface area (Å²) in [5, 5.41) is 2.56. The first-order valence-electron chi connectivity index (χ1n) is 5.15. The number of carbonyl (C=O) groups excluding carboxylic acids is 1. The third-order valence-electron chi connectivity index (χ3n) is 2.27. The first-order chi connectivity index (χ1) is 7.19. The van der Waals surface area contributed by atoms with E-state index in [1.807, 2.05) is 24.3 Å². The average Bonchev–Trinajstić information content (AvgIpc) is 2.28. The van der Waals surface area contributed by atoms with Crippen molar-refractivity contribution in [1.29, 1.82) is 0 Å². The molecule has 0 radical (unpaired) electrons. The molecule has 3 nitrogen and oxygen atoms in total. The van der Waals surface area contributed by atoms with Crippen molar-refractivity contribution in [3.63, 3.8) is 0 Å². The summed E-state index contributed by atoms with van der Waals surface area (Å²) < 4.78 is 5.58. The van der Waals surface area contributed by atoms with Crippen LogP contribution in [0.4, 0.5) is 0 Å². The van der Waals surface area contributed by atoms with E-state index in [9.17, 15) is 4.79 Å². The van der Waals surface area contributed by atoms with Crippen LogP contribution >= 0.6 is 0 Å². The number of likely N-dealkylation sites (N-methyl/N-ethyl adjacent to an activating group) is 1. The Hall–Kier alpha value is -1.51. The minimum atomic E-state index is -0.456. The number of carbonyl (C=O) groups is 1. The van der Waals surface area contributed by atoms with Crippen LogP contribution in [0.25, 0.3) is 0 Å². The highest BCUT2D eigenvalue weighted by Crippen LogP contribution is 2.19. The van der Waals surface area contributed by atoms with E-state index in [0.29, 0.717) is 0 Å². The van der Waals surface area contributed by atoms with Crippen LogP contribution in [0.3, 0.4) is 0 Å². The molecule has 1 aromatic carbocycles. The van der Waals surface area contributed by atoms with E-state index in [1.165, 1.54) is 0 Å². The number of hydrogen-bond acceptors (Lipinski definition) is 2. The zero-order valence-corrected chi connectivity index (χ0v) is 9.41. The summed E-state index contributed by atoms with van der Waals surface area (Å²) in [7, 11) is 1.61. The van der Waals surface area contributed by atoms with Crippen molar-refractivity contribution in [3.05, 3.63) is 29.8 Å². The maximum atomic E-state index is 11.3. The monoisotopic (exact) mass is 207 g/mol. The Morgan fingerprint density at radius 2 is 2.13 bits per heavy atom. The molecule has 1 N–H and O–H groups in total. The molecule has 0 aliphatic heterocycles. The summed E-state index contributed by atoms with van der Waals surface area (Å²) in [6, 6.07) is 7.77. The second-order valence-corrected chi connectivity index (χ2v) is 3.34. The standard InChI is InChI=1S/C12H17NO2/c1-4-10-7-5-6-8-11(10)15-9(2)12(14)13-3/h5-9H,4H2,1-3H3,(H,13,14). The van der Waals surface area contributed by atoms with Gasteiger partial charge < -0.3 is 10.1 Å². The molecule has 1 aromatic rings. The summed E-state index contributed by atoms with van der Waals surface area (Å²) >= 11 is 0. The van der Waals surface area contributed by atoms with Crippen molar-refractivity contribution in [2.24, 2.45) is 0 Å². The molecule has 0 heterocycles. The Labute approximate surface area is 90.4 Å². The van der Waals surface area contributed by atoms with Crippen molar-refractivity contribution >= 4 is 5.91 Å². The molecule has 0 spiro atoms. The van der Waals surface area contributed by atoms with Crippen LogP contribution in [0.5, 0.6) is 5.75 Å². The lowest BCUT2D eigenvalue weighted by Gasteiger charge is -2.15. The van der Waals surface area contributed by atoms with Gasteiger partial charge in [0.1, 0.15) is 5.75 Å². The van der Waals surface area contributed by atoms with Crippen molar-refractivity contribution in [3.8, 4) is 5.75 Å². The minimum absolute atomic E-state index is 0.110. The fourth-order valence-corrected chi connectivity index (χ4v) is 1.36. The number of para-hydroxylation sites is 1. The number of rotatable bonds is 4. The normalized spacial score (nSPS) is 11.9. The quantitative estimate of drug-likeness (QED) is 0.817. The van der Waals surface area contributed by atoms with Gasteiger partial charge in [0, 0.05) is 7.05 Å². The largest absolute Gasteiger partial charge is 0.481 e. The summed E-state index contributed by atoms with van der Waals surface area (Å²) in [4.78, 5) is 11.3. The molecular weight excluding hydrogens is 190 g/mol. The molecule has 1 rings (SSSR count). The van der Waals surface area contributed by atoms with Gasteiger partial charge in [-0.25, -0.2) is 0 Å². The van der Waals surface area contributed by atoms with Crippen LogP contribution in [0, 0.1) is 0 Å². The van der Waals surface area contributed by atoms with Crippen LogP contribution in [-0.4, -0.2) is 19.1 Å². The molecular formula is C12H17NO2. The van der Waals surface area contributed by atoms with Gasteiger partial charge in [-0.05, 0) is 25.0 Å². The lowest BCUT2D eigenvalue weighted by Crippen LogP contribution is -2.33. The van der Waals surface area contributed by atoms with Gasteiger partial charge in [-0.15, -0.1) is 0 Å². The van der Waals surface area contributed by atoms with E-state index in [0.717, 1.165) is 17.7 Å². The smallest absolute Gasteiger partial charge is 0.260 e. The van der Waals surface area contributed by atoms with Crippen molar-refractivity contribution in [2.45, 2.75) is 26.4 Å². The zero-order valence-electron chi connectivity index (χ0n) is 9.41. The van der Waals surface area contributed by atoms with Crippen molar-refractivity contribution < 1.29 is 9.53 Å². The number of nitrogens with one attached hydrogen (secondary N) is 1. The molecule has 0 fully saturated rings. The fraction of sp³-hybridized carbons (Fsp3) is 0.417. The third-order valence-corrected chi connectivity index (χ3v) is 2.27. The van der Waals surface area contributed by atoms with Crippen molar-refractivity contribution in [2.75, 3.05) is 7.05 Å². The van der Waals surface area contributed by atoms with Crippen LogP contribution in [0.1, 0.15) is 19.4 Å². The molecule has 15 heavy (non-hydrogen) atoms. The number of ether oxygens (including phenoxy) is 1. The average molecular weight is 207 g/mol. The second kappa shape index (κ2) is 5.39. The molecule has 0 bridgehead atoms. The molecule has 0 aliphatic carbocycles. The van der Waals surface area contributed by atoms with Crippen LogP contribution in [0.15, 0.2) is 24.3 Å². The first kappa shape index (κ1) is 11.6. The number of benzene rings is 1. The van der Waals surface area contributed by atoms with Gasteiger partial charge in [0.15, 0.2) is 6.10 Å². The van der Waals surface area contributed by atoms with Crippen LogP contribution < -0.4 is 10.1 Å². The first-order valence-corrected chi connectivity index (χ1v) is 5.15. The molecule has 1 unspecified atom stereocenters. The Morgan fingerprint density at radius 3 is 2.73 bits per heavy atom. The molecule has 1 atom stereocenters. The van der Waals surface area contributed by atoms with Gasteiger partial charge in [0.25, 0.3) is 5.91 Å². The van der Waals surface area contributed by atoms with E-state index in [4.69, 9.17) is 4.74 Å². The van der Waals surface area contributed by atoms with Gasteiger partial charge in [-0.2, -0.15) is 0 Å². The van der Waals surface area contributed by atoms with E-state index in [2.05, 4.69) is 12.2 Å². The summed E-state index contributed by atoms with van der Waals surface area (Å²) in [5.74, 6) is 0.678. The van der Waals surface area contributed by atoms with Crippen LogP contribution in [-0.2, 0) is 11.2 Å². The molecule has 3 heteroatoms. The van der Waals surface area contributed by atoms with Crippen LogP contribution in [0.2, 0.25) is 0 Å². The summed E-state index contributed by atoms with van der Waals surface area (Å²) in [5.41, 5.74) is 1.12. The topological polar surface area (TPSA) is 38.3 Å². The zero-order chi connectivity index (χ0) is 11.3. The maximum absolute atomic E-state index is 11.3. The summed E-state index contributed by atoms with van der Waals surface area (Å²) in [6.07, 6.45) is 0.444. The molecule has 0 saturated heterocycles. The second-order valence-electron chi connectivity index (χ2n) is 3.34. The van der Waals surface area contributed by atoms with Gasteiger partial charge in [0.2, 0.25) is 0 Å². The highest BCUT2D eigenvalue weighted by atomic mass is 16.5. The molecule has 82 valence electrons. The Bertz CT molecular complexity index is 336. The number of amides is 1. The van der Waals surface area contributed by atoms with E-state index < -0.39 is 6.10 Å². The SMILES string of the molecule is CCc1ccccc1OC(C)C(=O)NC. The Balaban J connectivity index is 2.75. The van der Waals surface area contributed by atoms with E-state index in [1.54, 1.807) is 14.0 Å². The molecule has 0 aliphatic rings. The van der Waals surface area contributed by atoms with Gasteiger partial charge >= 0.3 is 0 Å². The van der Waals surface area contributed by atoms with Gasteiger partial charge in [0.05, 0.1) is 0 Å². The highest BCUT2D eigenvalue weighted by Gasteiger charge is 2.13. The molecule has 0 aromatic heterocycles. The minimum Gasteiger partial charge on any atom is -0.481 e.